The van der Waals surface area contributed by atoms with E-state index in [9.17, 15) is 18.3 Å². The van der Waals surface area contributed by atoms with Gasteiger partial charge in [0.15, 0.2) is 11.5 Å². The van der Waals surface area contributed by atoms with Crippen molar-refractivity contribution in [3.63, 3.8) is 0 Å². The molecule has 0 radical (unpaired) electrons. The van der Waals surface area contributed by atoms with E-state index < -0.39 is 18.2 Å². The molecule has 0 fully saturated rings. The Labute approximate surface area is 156 Å². The number of H-pyrrole nitrogens is 1. The fraction of sp³-hybridized carbons (Fsp3) is 0.222. The molecule has 0 saturated carbocycles. The minimum atomic E-state index is -4.49. The fourth-order valence-corrected chi connectivity index (χ4v) is 2.85. The number of hydrogen-bond donors (Lipinski definition) is 2. The largest absolute Gasteiger partial charge is 0.394 e. The molecule has 0 aliphatic heterocycles. The number of hydrogen-bond acceptors (Lipinski definition) is 5. The first-order valence-electron chi connectivity index (χ1n) is 8.39. The van der Waals surface area contributed by atoms with Crippen LogP contribution in [0.3, 0.4) is 0 Å². The number of pyridine rings is 2. The highest BCUT2D eigenvalue weighted by Crippen LogP contribution is 2.35. The molecule has 0 bridgehead atoms. The van der Waals surface area contributed by atoms with E-state index >= 15 is 0 Å². The lowest BCUT2D eigenvalue weighted by Crippen LogP contribution is -2.26. The van der Waals surface area contributed by atoms with Crippen molar-refractivity contribution >= 4 is 11.2 Å². The Kier molecular flexibility index (Phi) is 4.34. The summed E-state index contributed by atoms with van der Waals surface area (Å²) in [5.41, 5.74) is 3.11. The lowest BCUT2D eigenvalue weighted by Gasteiger charge is -2.21. The minimum absolute atomic E-state index is 0.0919. The van der Waals surface area contributed by atoms with Crippen molar-refractivity contribution in [2.24, 2.45) is 5.92 Å². The maximum absolute atomic E-state index is 12.8. The molecule has 10 heteroatoms. The second-order valence-corrected chi connectivity index (χ2v) is 6.36. The highest BCUT2D eigenvalue weighted by molar-refractivity contribution is 5.88. The van der Waals surface area contributed by atoms with Crippen molar-refractivity contribution in [1.29, 1.82) is 0 Å². The smallest absolute Gasteiger partial charge is 0.388 e. The van der Waals surface area contributed by atoms with Crippen molar-refractivity contribution in [3.05, 3.63) is 54.9 Å². The summed E-state index contributed by atoms with van der Waals surface area (Å²) in [6.45, 7) is 0.934. The summed E-state index contributed by atoms with van der Waals surface area (Å²) in [6, 6.07) is 4.75. The van der Waals surface area contributed by atoms with Crippen molar-refractivity contribution in [1.82, 2.24) is 29.7 Å². The van der Waals surface area contributed by atoms with Crippen LogP contribution in [-0.4, -0.2) is 41.0 Å². The molecule has 4 heterocycles. The van der Waals surface area contributed by atoms with Gasteiger partial charge in [-0.25, -0.2) is 19.6 Å². The van der Waals surface area contributed by atoms with Gasteiger partial charge in [-0.05, 0) is 17.7 Å². The maximum Gasteiger partial charge on any atom is 0.394 e. The molecule has 0 amide bonds. The van der Waals surface area contributed by atoms with Crippen LogP contribution in [0.1, 0.15) is 18.6 Å². The van der Waals surface area contributed by atoms with Gasteiger partial charge in [0.1, 0.15) is 0 Å². The monoisotopic (exact) mass is 388 g/mol. The Balaban J connectivity index is 1.60. The second kappa shape index (κ2) is 6.71. The average molecular weight is 388 g/mol. The zero-order chi connectivity index (χ0) is 19.9. The lowest BCUT2D eigenvalue weighted by atomic mass is 9.98. The van der Waals surface area contributed by atoms with Gasteiger partial charge in [0.2, 0.25) is 0 Å². The Morgan fingerprint density at radius 2 is 1.93 bits per heavy atom. The summed E-state index contributed by atoms with van der Waals surface area (Å²) < 4.78 is 39.8. The van der Waals surface area contributed by atoms with Crippen LogP contribution >= 0.6 is 0 Å². The van der Waals surface area contributed by atoms with Gasteiger partial charge >= 0.3 is 6.18 Å². The van der Waals surface area contributed by atoms with Gasteiger partial charge in [0.25, 0.3) is 0 Å². The standard InChI is InChI=1S/C18H15F3N6O/c1-10(18(19,20)21)16(28)11-2-3-14(23-6-11)27-8-12(7-26-27)13-4-5-22-17-15(13)24-9-25-17/h2-10,16,28H,1H3,(H,22,24,25). The van der Waals surface area contributed by atoms with Gasteiger partial charge in [0, 0.05) is 29.7 Å². The number of nitrogens with zero attached hydrogens (tertiary/aromatic N) is 5. The SMILES string of the molecule is CC(C(O)c1ccc(-n2cc(-c3ccnc4nc[nH]c34)cn2)nc1)C(F)(F)F. The van der Waals surface area contributed by atoms with Crippen LogP contribution in [-0.2, 0) is 0 Å². The number of aliphatic hydroxyl groups is 1. The third-order valence-electron chi connectivity index (χ3n) is 4.56. The highest BCUT2D eigenvalue weighted by atomic mass is 19.4. The number of aliphatic hydroxyl groups excluding tert-OH is 1. The highest BCUT2D eigenvalue weighted by Gasteiger charge is 2.41. The van der Waals surface area contributed by atoms with E-state index in [0.717, 1.165) is 23.6 Å². The first-order valence-corrected chi connectivity index (χ1v) is 8.39. The van der Waals surface area contributed by atoms with Crippen LogP contribution in [0.4, 0.5) is 13.2 Å². The van der Waals surface area contributed by atoms with E-state index in [1.54, 1.807) is 24.9 Å². The number of aromatic amines is 1. The third kappa shape index (κ3) is 3.22. The van der Waals surface area contributed by atoms with Crippen molar-refractivity contribution in [3.8, 4) is 16.9 Å². The minimum Gasteiger partial charge on any atom is -0.388 e. The van der Waals surface area contributed by atoms with Crippen molar-refractivity contribution in [2.45, 2.75) is 19.2 Å². The molecule has 4 aromatic heterocycles. The summed E-state index contributed by atoms with van der Waals surface area (Å²) in [7, 11) is 0. The van der Waals surface area contributed by atoms with Crippen LogP contribution in [0.25, 0.3) is 28.1 Å². The van der Waals surface area contributed by atoms with Crippen molar-refractivity contribution in [2.75, 3.05) is 0 Å². The van der Waals surface area contributed by atoms with E-state index in [0.29, 0.717) is 11.5 Å². The normalized spacial score (nSPS) is 14.3. The van der Waals surface area contributed by atoms with E-state index in [-0.39, 0.29) is 5.56 Å². The van der Waals surface area contributed by atoms with Gasteiger partial charge in [-0.1, -0.05) is 13.0 Å². The average Bonchev–Trinajstić information content (AvgIpc) is 3.35. The molecule has 28 heavy (non-hydrogen) atoms. The van der Waals surface area contributed by atoms with E-state index in [1.165, 1.54) is 23.0 Å². The number of fused-ring (bicyclic) bond motifs is 1. The number of alkyl halides is 3. The van der Waals surface area contributed by atoms with Crippen LogP contribution < -0.4 is 0 Å². The predicted molar refractivity (Wildman–Crippen MR) is 94.4 cm³/mol. The molecule has 0 spiro atoms. The summed E-state index contributed by atoms with van der Waals surface area (Å²) in [5.74, 6) is -1.48. The molecular formula is C18H15F3N6O. The fourth-order valence-electron chi connectivity index (χ4n) is 2.85. The summed E-state index contributed by atoms with van der Waals surface area (Å²) in [4.78, 5) is 15.4. The van der Waals surface area contributed by atoms with Crippen LogP contribution in [0.15, 0.2) is 49.3 Å². The molecule has 2 N–H and O–H groups in total. The predicted octanol–water partition coefficient (Wildman–Crippen LogP) is 3.44. The topological polar surface area (TPSA) is 92.5 Å². The molecule has 4 rings (SSSR count). The molecular weight excluding hydrogens is 373 g/mol. The van der Waals surface area contributed by atoms with Gasteiger partial charge in [0.05, 0.1) is 30.1 Å². The Bertz CT molecular complexity index is 1100. The first-order chi connectivity index (χ1) is 13.3. The van der Waals surface area contributed by atoms with Gasteiger partial charge < -0.3 is 10.1 Å². The molecule has 0 aliphatic rings. The third-order valence-corrected chi connectivity index (χ3v) is 4.56. The molecule has 7 nitrogen and oxygen atoms in total. The molecule has 0 aromatic carbocycles. The van der Waals surface area contributed by atoms with Crippen LogP contribution in [0, 0.1) is 5.92 Å². The summed E-state index contributed by atoms with van der Waals surface area (Å²) in [5, 5.41) is 14.2. The zero-order valence-corrected chi connectivity index (χ0v) is 14.6. The molecule has 2 atom stereocenters. The summed E-state index contributed by atoms with van der Waals surface area (Å²) in [6.07, 6.45) is 1.64. The first kappa shape index (κ1) is 18.1. The number of imidazole rings is 1. The van der Waals surface area contributed by atoms with Gasteiger partial charge in [-0.3, -0.25) is 0 Å². The maximum atomic E-state index is 12.8. The molecule has 0 saturated heterocycles. The lowest BCUT2D eigenvalue weighted by molar-refractivity contribution is -0.195. The zero-order valence-electron chi connectivity index (χ0n) is 14.6. The van der Waals surface area contributed by atoms with Crippen LogP contribution in [0.5, 0.6) is 0 Å². The van der Waals surface area contributed by atoms with E-state index in [1.807, 2.05) is 6.07 Å². The van der Waals surface area contributed by atoms with E-state index in [2.05, 4.69) is 25.0 Å². The van der Waals surface area contributed by atoms with Crippen molar-refractivity contribution < 1.29 is 18.3 Å². The molecule has 2 unspecified atom stereocenters. The van der Waals surface area contributed by atoms with Gasteiger partial charge in [-0.15, -0.1) is 0 Å². The number of halogens is 3. The number of rotatable bonds is 4. The molecule has 0 aliphatic carbocycles. The summed E-state index contributed by atoms with van der Waals surface area (Å²) >= 11 is 0. The Morgan fingerprint density at radius 1 is 1.11 bits per heavy atom. The molecule has 144 valence electrons. The van der Waals surface area contributed by atoms with Crippen LogP contribution in [0.2, 0.25) is 0 Å². The Morgan fingerprint density at radius 3 is 2.64 bits per heavy atom. The second-order valence-electron chi connectivity index (χ2n) is 6.36. The molecule has 4 aromatic rings. The number of aromatic nitrogens is 6. The number of nitrogens with one attached hydrogen (secondary N) is 1. The Hall–Kier alpha value is -3.27. The quantitative estimate of drug-likeness (QED) is 0.559. The van der Waals surface area contributed by atoms with Gasteiger partial charge in [-0.2, -0.15) is 18.3 Å². The van der Waals surface area contributed by atoms with E-state index in [4.69, 9.17) is 0 Å².